The second-order valence-electron chi connectivity index (χ2n) is 4.95. The molecular formula is C14H19N3OS. The number of rotatable bonds is 4. The van der Waals surface area contributed by atoms with Crippen molar-refractivity contribution in [3.8, 4) is 0 Å². The third-order valence-corrected chi connectivity index (χ3v) is 4.45. The molecule has 0 bridgehead atoms. The van der Waals surface area contributed by atoms with Gasteiger partial charge >= 0.3 is 0 Å². The highest BCUT2D eigenvalue weighted by Crippen LogP contribution is 2.32. The van der Waals surface area contributed by atoms with Gasteiger partial charge in [-0.15, -0.1) is 11.3 Å². The molecule has 0 fully saturated rings. The van der Waals surface area contributed by atoms with Crippen LogP contribution in [0.5, 0.6) is 0 Å². The van der Waals surface area contributed by atoms with Gasteiger partial charge in [0.15, 0.2) is 0 Å². The van der Waals surface area contributed by atoms with Crippen LogP contribution in [0.25, 0.3) is 10.1 Å². The zero-order valence-electron chi connectivity index (χ0n) is 11.4. The molecule has 2 rings (SSSR count). The fourth-order valence-corrected chi connectivity index (χ4v) is 3.11. The average Bonchev–Trinajstić information content (AvgIpc) is 2.73. The van der Waals surface area contributed by atoms with Crippen LogP contribution in [0.15, 0.2) is 18.5 Å². The summed E-state index contributed by atoms with van der Waals surface area (Å²) in [6.07, 6.45) is 4.35. The first-order valence-corrected chi connectivity index (χ1v) is 7.29. The van der Waals surface area contributed by atoms with E-state index < -0.39 is 0 Å². The number of nitrogens with zero attached hydrogens (tertiary/aromatic N) is 1. The molecule has 2 aromatic heterocycles. The predicted molar refractivity (Wildman–Crippen MR) is 80.4 cm³/mol. The Morgan fingerprint density at radius 2 is 2.26 bits per heavy atom. The van der Waals surface area contributed by atoms with Crippen molar-refractivity contribution in [1.29, 1.82) is 0 Å². The molecule has 0 saturated carbocycles. The molecule has 4 nitrogen and oxygen atoms in total. The van der Waals surface area contributed by atoms with Gasteiger partial charge in [-0.1, -0.05) is 20.8 Å². The molecule has 0 aliphatic heterocycles. The summed E-state index contributed by atoms with van der Waals surface area (Å²) < 4.78 is 0.947. The summed E-state index contributed by atoms with van der Waals surface area (Å²) in [5, 5.41) is 3.96. The van der Waals surface area contributed by atoms with Crippen LogP contribution in [0.4, 0.5) is 5.69 Å². The van der Waals surface area contributed by atoms with E-state index in [2.05, 4.69) is 31.1 Å². The van der Waals surface area contributed by atoms with Crippen molar-refractivity contribution in [2.75, 3.05) is 5.73 Å². The van der Waals surface area contributed by atoms with Crippen LogP contribution in [0.1, 0.15) is 36.9 Å². The van der Waals surface area contributed by atoms with Crippen molar-refractivity contribution in [2.45, 2.75) is 33.2 Å². The van der Waals surface area contributed by atoms with Crippen LogP contribution in [-0.4, -0.2) is 16.9 Å². The smallest absolute Gasteiger partial charge is 0.263 e. The summed E-state index contributed by atoms with van der Waals surface area (Å²) in [6, 6.07) is 2.02. The third kappa shape index (κ3) is 2.71. The number of pyridine rings is 1. The molecule has 1 unspecified atom stereocenters. The van der Waals surface area contributed by atoms with Crippen molar-refractivity contribution >= 4 is 33.0 Å². The van der Waals surface area contributed by atoms with E-state index in [4.69, 9.17) is 5.73 Å². The summed E-state index contributed by atoms with van der Waals surface area (Å²) in [4.78, 5) is 16.9. The Morgan fingerprint density at radius 3 is 2.84 bits per heavy atom. The van der Waals surface area contributed by atoms with Crippen molar-refractivity contribution < 1.29 is 4.79 Å². The second kappa shape index (κ2) is 5.57. The van der Waals surface area contributed by atoms with Gasteiger partial charge in [0.1, 0.15) is 4.88 Å². The van der Waals surface area contributed by atoms with Crippen LogP contribution < -0.4 is 11.1 Å². The Balaban J connectivity index is 2.29. The molecule has 0 spiro atoms. The lowest BCUT2D eigenvalue weighted by Gasteiger charge is -2.20. The summed E-state index contributed by atoms with van der Waals surface area (Å²) in [7, 11) is 0. The van der Waals surface area contributed by atoms with Crippen molar-refractivity contribution in [2.24, 2.45) is 5.92 Å². The van der Waals surface area contributed by atoms with Crippen molar-refractivity contribution in [1.82, 2.24) is 10.3 Å². The molecule has 3 N–H and O–H groups in total. The van der Waals surface area contributed by atoms with Gasteiger partial charge in [0.2, 0.25) is 0 Å². The number of aromatic nitrogens is 1. The number of hydrogen-bond acceptors (Lipinski definition) is 4. The Hall–Kier alpha value is -1.62. The van der Waals surface area contributed by atoms with E-state index in [0.29, 0.717) is 16.5 Å². The van der Waals surface area contributed by atoms with Gasteiger partial charge in [0.25, 0.3) is 5.91 Å². The molecule has 1 amide bonds. The molecule has 2 heterocycles. The zero-order valence-corrected chi connectivity index (χ0v) is 12.3. The number of amides is 1. The number of thiophene rings is 1. The van der Waals surface area contributed by atoms with Crippen molar-refractivity contribution in [3.63, 3.8) is 0 Å². The summed E-state index contributed by atoms with van der Waals surface area (Å²) >= 11 is 1.40. The lowest BCUT2D eigenvalue weighted by Crippen LogP contribution is -2.37. The van der Waals surface area contributed by atoms with Crippen molar-refractivity contribution in [3.05, 3.63) is 23.3 Å². The summed E-state index contributed by atoms with van der Waals surface area (Å²) in [6.45, 7) is 6.28. The molecule has 0 radical (unpaired) electrons. The lowest BCUT2D eigenvalue weighted by molar-refractivity contribution is 0.0929. The number of hydrogen-bond donors (Lipinski definition) is 2. The fourth-order valence-electron chi connectivity index (χ4n) is 2.11. The molecule has 1 atom stereocenters. The van der Waals surface area contributed by atoms with Gasteiger partial charge in [0.05, 0.1) is 10.4 Å². The molecular weight excluding hydrogens is 258 g/mol. The fraction of sp³-hybridized carbons (Fsp3) is 0.429. The first-order valence-electron chi connectivity index (χ1n) is 6.47. The molecule has 5 heteroatoms. The minimum absolute atomic E-state index is 0.0840. The predicted octanol–water partition coefficient (Wildman–Crippen LogP) is 3.04. The molecule has 0 aliphatic rings. The summed E-state index contributed by atoms with van der Waals surface area (Å²) in [5.41, 5.74) is 6.61. The normalized spacial score (nSPS) is 12.8. The highest BCUT2D eigenvalue weighted by atomic mass is 32.1. The Bertz CT molecular complexity index is 591. The van der Waals surface area contributed by atoms with E-state index in [9.17, 15) is 4.79 Å². The van der Waals surface area contributed by atoms with Crippen LogP contribution >= 0.6 is 11.3 Å². The maximum Gasteiger partial charge on any atom is 0.263 e. The number of anilines is 1. The molecule has 19 heavy (non-hydrogen) atoms. The van der Waals surface area contributed by atoms with Gasteiger partial charge in [-0.3, -0.25) is 9.78 Å². The van der Waals surface area contributed by atoms with Crippen LogP contribution in [-0.2, 0) is 0 Å². The van der Waals surface area contributed by atoms with Crippen LogP contribution in [0.2, 0.25) is 0 Å². The van der Waals surface area contributed by atoms with E-state index in [1.54, 1.807) is 12.4 Å². The average molecular weight is 277 g/mol. The van der Waals surface area contributed by atoms with Gasteiger partial charge in [-0.25, -0.2) is 0 Å². The second-order valence-corrected chi connectivity index (χ2v) is 6.00. The molecule has 102 valence electrons. The Kier molecular flexibility index (Phi) is 4.04. The molecule has 2 aromatic rings. The quantitative estimate of drug-likeness (QED) is 0.902. The van der Waals surface area contributed by atoms with E-state index in [0.717, 1.165) is 16.5 Å². The molecule has 0 aliphatic carbocycles. The van der Waals surface area contributed by atoms with Gasteiger partial charge in [0, 0.05) is 23.8 Å². The van der Waals surface area contributed by atoms with Crippen LogP contribution in [0.3, 0.4) is 0 Å². The number of carbonyl (C=O) groups excluding carboxylic acids is 1. The summed E-state index contributed by atoms with van der Waals surface area (Å²) in [5.74, 6) is 0.325. The zero-order chi connectivity index (χ0) is 14.0. The largest absolute Gasteiger partial charge is 0.397 e. The first-order chi connectivity index (χ1) is 9.04. The first kappa shape index (κ1) is 13.8. The topological polar surface area (TPSA) is 68.0 Å². The highest BCUT2D eigenvalue weighted by molar-refractivity contribution is 7.21. The minimum Gasteiger partial charge on any atom is -0.397 e. The van der Waals surface area contributed by atoms with E-state index >= 15 is 0 Å². The minimum atomic E-state index is -0.0840. The Morgan fingerprint density at radius 1 is 1.53 bits per heavy atom. The van der Waals surface area contributed by atoms with E-state index in [-0.39, 0.29) is 11.9 Å². The van der Waals surface area contributed by atoms with E-state index in [1.165, 1.54) is 11.3 Å². The Labute approximate surface area is 117 Å². The van der Waals surface area contributed by atoms with E-state index in [1.807, 2.05) is 6.07 Å². The molecule has 0 saturated heterocycles. The lowest BCUT2D eigenvalue weighted by atomic mass is 10.0. The number of nitrogens with one attached hydrogen (secondary N) is 1. The SMILES string of the molecule is CCC(NC(=O)c1sc2cnccc2c1N)C(C)C. The van der Waals surface area contributed by atoms with Crippen LogP contribution in [0, 0.1) is 5.92 Å². The monoisotopic (exact) mass is 277 g/mol. The number of fused-ring (bicyclic) bond motifs is 1. The standard InChI is InChI=1S/C14H19N3OS/c1-4-10(8(2)3)17-14(18)13-12(15)9-5-6-16-7-11(9)19-13/h5-8,10H,4,15H2,1-3H3,(H,17,18). The number of carbonyl (C=O) groups is 1. The highest BCUT2D eigenvalue weighted by Gasteiger charge is 2.20. The maximum absolute atomic E-state index is 12.3. The maximum atomic E-state index is 12.3. The number of nitrogen functional groups attached to an aromatic ring is 1. The van der Waals surface area contributed by atoms with Gasteiger partial charge in [-0.05, 0) is 18.4 Å². The molecule has 0 aromatic carbocycles. The third-order valence-electron chi connectivity index (χ3n) is 3.30. The van der Waals surface area contributed by atoms with Gasteiger partial charge in [-0.2, -0.15) is 0 Å². The van der Waals surface area contributed by atoms with Gasteiger partial charge < -0.3 is 11.1 Å². The number of nitrogens with two attached hydrogens (primary N) is 1.